The fourth-order valence-electron chi connectivity index (χ4n) is 0.904. The minimum Gasteiger partial charge on any atom is -0.333 e. The molecule has 0 aromatic rings. The summed E-state index contributed by atoms with van der Waals surface area (Å²) in [6, 6.07) is 0. The van der Waals surface area contributed by atoms with E-state index in [1.165, 1.54) is 7.11 Å². The van der Waals surface area contributed by atoms with Gasteiger partial charge >= 0.3 is 0 Å². The number of hydrogen-bond acceptors (Lipinski definition) is 6. The van der Waals surface area contributed by atoms with E-state index in [1.54, 1.807) is 20.8 Å². The molecule has 118 valence electrons. The van der Waals surface area contributed by atoms with Gasteiger partial charge in [0, 0.05) is 7.11 Å². The summed E-state index contributed by atoms with van der Waals surface area (Å²) in [5.41, 5.74) is -0.931. The molecule has 6 nitrogen and oxygen atoms in total. The summed E-state index contributed by atoms with van der Waals surface area (Å²) in [5.74, 6) is 0. The monoisotopic (exact) mass is 318 g/mol. The topological polar surface area (TPSA) is 88.4 Å². The lowest BCUT2D eigenvalue weighted by atomic mass is 10.2. The molecule has 19 heavy (non-hydrogen) atoms. The second kappa shape index (κ2) is 7.39. The molecule has 0 amide bonds. The molecule has 0 rings (SSSR count). The molecule has 0 saturated carbocycles. The Morgan fingerprint density at radius 2 is 1.11 bits per heavy atom. The predicted octanol–water partition coefficient (Wildman–Crippen LogP) is 2.62. The van der Waals surface area contributed by atoms with E-state index in [0.29, 0.717) is 0 Å². The van der Waals surface area contributed by atoms with Gasteiger partial charge in [-0.3, -0.25) is 0 Å². The highest BCUT2D eigenvalue weighted by atomic mass is 31.2. The summed E-state index contributed by atoms with van der Waals surface area (Å²) in [4.78, 5) is 26.6. The van der Waals surface area contributed by atoms with E-state index in [4.69, 9.17) is 18.8 Å². The van der Waals surface area contributed by atoms with E-state index in [1.807, 2.05) is 20.8 Å². The number of rotatable bonds is 3. The molecule has 3 N–H and O–H groups in total. The van der Waals surface area contributed by atoms with Crippen LogP contribution in [0.5, 0.6) is 0 Å². The molecule has 0 aromatic heterocycles. The van der Waals surface area contributed by atoms with Crippen LogP contribution in [0.25, 0.3) is 0 Å². The summed E-state index contributed by atoms with van der Waals surface area (Å²) in [7, 11) is -4.70. The molecular formula is C11H28O6P2. The van der Waals surface area contributed by atoms with Gasteiger partial charge in [-0.15, -0.1) is 0 Å². The normalized spacial score (nSPS) is 16.3. The maximum absolute atomic E-state index is 9.21. The second-order valence-electron chi connectivity index (χ2n) is 5.89. The van der Waals surface area contributed by atoms with Crippen LogP contribution in [0.3, 0.4) is 0 Å². The molecule has 0 spiro atoms. The van der Waals surface area contributed by atoms with E-state index in [9.17, 15) is 4.89 Å². The van der Waals surface area contributed by atoms with Crippen molar-refractivity contribution in [1.29, 1.82) is 0 Å². The highest BCUT2D eigenvalue weighted by molar-refractivity contribution is 7.58. The van der Waals surface area contributed by atoms with Crippen LogP contribution in [-0.4, -0.2) is 45.6 Å². The lowest BCUT2D eigenvalue weighted by Crippen LogP contribution is -2.17. The molecule has 0 saturated heterocycles. The maximum Gasteiger partial charge on any atom is 0.248 e. The van der Waals surface area contributed by atoms with Crippen LogP contribution in [0.15, 0.2) is 0 Å². The summed E-state index contributed by atoms with van der Waals surface area (Å²) < 4.78 is 14.5. The Kier molecular flexibility index (Phi) is 8.42. The van der Waals surface area contributed by atoms with Crippen molar-refractivity contribution in [3.63, 3.8) is 0 Å². The Bertz CT molecular complexity index is 347. The third-order valence-corrected chi connectivity index (χ3v) is 3.37. The summed E-state index contributed by atoms with van der Waals surface area (Å²) in [6.45, 7) is 10.7. The first-order valence-electron chi connectivity index (χ1n) is 5.60. The fourth-order valence-corrected chi connectivity index (χ4v) is 2.71. The van der Waals surface area contributed by atoms with Gasteiger partial charge < -0.3 is 28.3 Å². The van der Waals surface area contributed by atoms with Crippen molar-refractivity contribution in [2.24, 2.45) is 0 Å². The van der Waals surface area contributed by atoms with Crippen molar-refractivity contribution in [1.82, 2.24) is 0 Å². The van der Waals surface area contributed by atoms with Crippen molar-refractivity contribution in [2.75, 3.05) is 7.11 Å². The van der Waals surface area contributed by atoms with Crippen molar-refractivity contribution < 1.29 is 28.3 Å². The molecular weight excluding hydrogens is 290 g/mol. The first-order chi connectivity index (χ1) is 7.97. The van der Waals surface area contributed by atoms with Gasteiger partial charge in [0.2, 0.25) is 15.1 Å². The standard InChI is InChI=1S/C6H15O3P.C5H13O3P/c1-6(2,3)9-10(5,7)8-4;1-5(2,3)8-9(4,6)7/h7H,5H2,1-4H3;6-7H,4H2,1-3H3. The van der Waals surface area contributed by atoms with Gasteiger partial charge in [0.05, 0.1) is 11.2 Å². The molecule has 0 aromatic carbocycles. The smallest absolute Gasteiger partial charge is 0.248 e. The molecule has 0 aliphatic rings. The van der Waals surface area contributed by atoms with Crippen LogP contribution in [0, 0.1) is 0 Å². The molecule has 0 bridgehead atoms. The van der Waals surface area contributed by atoms with Gasteiger partial charge in [-0.25, -0.2) is 0 Å². The minimum atomic E-state index is -3.29. The molecule has 0 radical (unpaired) electrons. The SMILES string of the molecule is C=P(O)(O)OC(C)(C)C.C=P(O)(OC)OC(C)(C)C. The summed E-state index contributed by atoms with van der Waals surface area (Å²) in [6.07, 6.45) is 6.45. The van der Waals surface area contributed by atoms with E-state index >= 15 is 0 Å². The van der Waals surface area contributed by atoms with Crippen molar-refractivity contribution in [3.05, 3.63) is 0 Å². The zero-order valence-electron chi connectivity index (χ0n) is 12.9. The zero-order chi connectivity index (χ0) is 16.1. The molecule has 1 unspecified atom stereocenters. The number of hydrogen-bond donors (Lipinski definition) is 3. The Morgan fingerprint density at radius 3 is 1.16 bits per heavy atom. The molecule has 8 heteroatoms. The molecule has 1 atom stereocenters. The quantitative estimate of drug-likeness (QED) is 0.693. The highest BCUT2D eigenvalue weighted by Gasteiger charge is 2.20. The van der Waals surface area contributed by atoms with Gasteiger partial charge in [0.15, 0.2) is 0 Å². The van der Waals surface area contributed by atoms with E-state index < -0.39 is 26.3 Å². The average Bonchev–Trinajstić information content (AvgIpc) is 1.93. The molecule has 0 aliphatic heterocycles. The largest absolute Gasteiger partial charge is 0.333 e. The second-order valence-corrected chi connectivity index (χ2v) is 9.23. The minimum absolute atomic E-state index is 0.402. The third-order valence-electron chi connectivity index (χ3n) is 1.12. The van der Waals surface area contributed by atoms with Crippen LogP contribution in [0.4, 0.5) is 0 Å². The Morgan fingerprint density at radius 1 is 0.789 bits per heavy atom. The maximum atomic E-state index is 9.21. The zero-order valence-corrected chi connectivity index (χ0v) is 14.7. The van der Waals surface area contributed by atoms with Crippen molar-refractivity contribution >= 4 is 27.7 Å². The van der Waals surface area contributed by atoms with E-state index in [2.05, 4.69) is 17.1 Å². The Balaban J connectivity index is 0. The van der Waals surface area contributed by atoms with Crippen LogP contribution >= 0.6 is 15.1 Å². The first-order valence-corrected chi connectivity index (χ1v) is 9.16. The fraction of sp³-hybridized carbons (Fsp3) is 0.818. The Labute approximate surface area is 116 Å². The first kappa shape index (κ1) is 21.7. The van der Waals surface area contributed by atoms with Gasteiger partial charge in [0.25, 0.3) is 0 Å². The lowest BCUT2D eigenvalue weighted by Gasteiger charge is -2.25. The van der Waals surface area contributed by atoms with Crippen LogP contribution < -0.4 is 0 Å². The van der Waals surface area contributed by atoms with Crippen molar-refractivity contribution in [2.45, 2.75) is 52.7 Å². The predicted molar refractivity (Wildman–Crippen MR) is 83.4 cm³/mol. The van der Waals surface area contributed by atoms with Gasteiger partial charge in [-0.05, 0) is 54.1 Å². The lowest BCUT2D eigenvalue weighted by molar-refractivity contribution is 0.0976. The van der Waals surface area contributed by atoms with Gasteiger partial charge in [-0.1, -0.05) is 0 Å². The van der Waals surface area contributed by atoms with Crippen molar-refractivity contribution in [3.8, 4) is 0 Å². The molecule has 0 aliphatic carbocycles. The summed E-state index contributed by atoms with van der Waals surface area (Å²) >= 11 is 0. The highest BCUT2D eigenvalue weighted by Crippen LogP contribution is 2.45. The summed E-state index contributed by atoms with van der Waals surface area (Å²) in [5, 5.41) is 0. The van der Waals surface area contributed by atoms with Crippen LogP contribution in [0.1, 0.15) is 41.5 Å². The average molecular weight is 318 g/mol. The van der Waals surface area contributed by atoms with Gasteiger partial charge in [0.1, 0.15) is 0 Å². The van der Waals surface area contributed by atoms with E-state index in [-0.39, 0.29) is 0 Å². The van der Waals surface area contributed by atoms with Crippen LogP contribution in [-0.2, 0) is 13.6 Å². The third kappa shape index (κ3) is 20.8. The molecule has 0 fully saturated rings. The van der Waals surface area contributed by atoms with Crippen LogP contribution in [0.2, 0.25) is 0 Å². The molecule has 0 heterocycles. The Hall–Kier alpha value is 0.360. The van der Waals surface area contributed by atoms with E-state index in [0.717, 1.165) is 0 Å². The van der Waals surface area contributed by atoms with Gasteiger partial charge in [-0.2, -0.15) is 0 Å².